The van der Waals surface area contributed by atoms with Gasteiger partial charge in [0.1, 0.15) is 6.17 Å². The van der Waals surface area contributed by atoms with Crippen molar-refractivity contribution in [1.29, 1.82) is 0 Å². The van der Waals surface area contributed by atoms with Crippen molar-refractivity contribution >= 4 is 0 Å². The number of hydrogen-bond acceptors (Lipinski definition) is 1. The molecule has 0 saturated heterocycles. The molecule has 0 spiro atoms. The molecule has 1 aliphatic rings. The highest BCUT2D eigenvalue weighted by Crippen LogP contribution is 2.33. The van der Waals surface area contributed by atoms with E-state index in [1.165, 1.54) is 19.3 Å². The molecule has 96 valence electrons. The molecule has 0 aromatic heterocycles. The molecular weight excluding hydrogens is 201 g/mol. The first kappa shape index (κ1) is 14.0. The Balaban J connectivity index is 2.32. The Morgan fingerprint density at radius 1 is 1.31 bits per heavy atom. The molecule has 0 heterocycles. The highest BCUT2D eigenvalue weighted by atomic mass is 19.1. The zero-order valence-electron chi connectivity index (χ0n) is 11.4. The summed E-state index contributed by atoms with van der Waals surface area (Å²) >= 11 is 0. The normalized spacial score (nSPS) is 29.1. The fraction of sp³-hybridized carbons (Fsp3) is 1.00. The predicted molar refractivity (Wildman–Crippen MR) is 68.4 cm³/mol. The van der Waals surface area contributed by atoms with E-state index in [-0.39, 0.29) is 5.54 Å². The van der Waals surface area contributed by atoms with Crippen LogP contribution in [0.3, 0.4) is 0 Å². The van der Waals surface area contributed by atoms with Crippen LogP contribution in [0.5, 0.6) is 0 Å². The summed E-state index contributed by atoms with van der Waals surface area (Å²) < 4.78 is 14.1. The van der Waals surface area contributed by atoms with E-state index in [4.69, 9.17) is 0 Å². The summed E-state index contributed by atoms with van der Waals surface area (Å²) in [5.41, 5.74) is 0.0309. The molecule has 3 unspecified atom stereocenters. The lowest BCUT2D eigenvalue weighted by atomic mass is 9.78. The molecule has 0 aromatic carbocycles. The van der Waals surface area contributed by atoms with Crippen LogP contribution in [0.25, 0.3) is 0 Å². The fourth-order valence-electron chi connectivity index (χ4n) is 2.60. The summed E-state index contributed by atoms with van der Waals surface area (Å²) in [6.45, 7) is 9.03. The van der Waals surface area contributed by atoms with Gasteiger partial charge in [0, 0.05) is 12.1 Å². The molecule has 0 aliphatic heterocycles. The van der Waals surface area contributed by atoms with E-state index in [9.17, 15) is 4.39 Å². The molecule has 16 heavy (non-hydrogen) atoms. The lowest BCUT2D eigenvalue weighted by Crippen LogP contribution is -2.42. The van der Waals surface area contributed by atoms with Crippen LogP contribution in [-0.4, -0.2) is 18.3 Å². The first-order chi connectivity index (χ1) is 7.42. The van der Waals surface area contributed by atoms with Crippen LogP contribution in [0.1, 0.15) is 59.8 Å². The molecule has 2 heteroatoms. The Morgan fingerprint density at radius 2 is 2.00 bits per heavy atom. The standard InChI is InChI=1S/C14H28FN/c1-5-11-7-6-8-12(9-11)13(15)10-16-14(2,3)4/h11-13,16H,5-10H2,1-4H3. The van der Waals surface area contributed by atoms with Crippen molar-refractivity contribution in [3.05, 3.63) is 0 Å². The van der Waals surface area contributed by atoms with Gasteiger partial charge in [-0.3, -0.25) is 0 Å². The largest absolute Gasteiger partial charge is 0.309 e. The van der Waals surface area contributed by atoms with Crippen LogP contribution in [0.15, 0.2) is 0 Å². The minimum atomic E-state index is -0.659. The van der Waals surface area contributed by atoms with Gasteiger partial charge in [-0.2, -0.15) is 0 Å². The van der Waals surface area contributed by atoms with E-state index in [0.717, 1.165) is 18.8 Å². The number of hydrogen-bond donors (Lipinski definition) is 1. The molecule has 1 fully saturated rings. The van der Waals surface area contributed by atoms with Crippen molar-refractivity contribution in [3.8, 4) is 0 Å². The van der Waals surface area contributed by atoms with Crippen molar-refractivity contribution in [3.63, 3.8) is 0 Å². The van der Waals surface area contributed by atoms with E-state index >= 15 is 0 Å². The molecule has 0 bridgehead atoms. The number of alkyl halides is 1. The fourth-order valence-corrected chi connectivity index (χ4v) is 2.60. The average Bonchev–Trinajstić information content (AvgIpc) is 2.25. The first-order valence-electron chi connectivity index (χ1n) is 6.81. The summed E-state index contributed by atoms with van der Waals surface area (Å²) in [5, 5.41) is 3.28. The van der Waals surface area contributed by atoms with Crippen LogP contribution in [-0.2, 0) is 0 Å². The smallest absolute Gasteiger partial charge is 0.115 e. The Hall–Kier alpha value is -0.110. The lowest BCUT2D eigenvalue weighted by molar-refractivity contribution is 0.137. The second-order valence-electron chi connectivity index (χ2n) is 6.35. The third-order valence-electron chi connectivity index (χ3n) is 3.74. The van der Waals surface area contributed by atoms with Gasteiger partial charge in [0.2, 0.25) is 0 Å². The quantitative estimate of drug-likeness (QED) is 0.770. The molecule has 3 atom stereocenters. The summed E-state index contributed by atoms with van der Waals surface area (Å²) in [6, 6.07) is 0. The monoisotopic (exact) mass is 229 g/mol. The average molecular weight is 229 g/mol. The van der Waals surface area contributed by atoms with Gasteiger partial charge in [0.25, 0.3) is 0 Å². The highest BCUT2D eigenvalue weighted by Gasteiger charge is 2.28. The lowest BCUT2D eigenvalue weighted by Gasteiger charge is -2.32. The van der Waals surface area contributed by atoms with Crippen LogP contribution in [0, 0.1) is 11.8 Å². The van der Waals surface area contributed by atoms with Crippen molar-refractivity contribution in [2.24, 2.45) is 11.8 Å². The molecule has 1 saturated carbocycles. The Morgan fingerprint density at radius 3 is 2.56 bits per heavy atom. The summed E-state index contributed by atoms with van der Waals surface area (Å²) in [5.74, 6) is 1.07. The van der Waals surface area contributed by atoms with Crippen molar-refractivity contribution in [2.45, 2.75) is 71.5 Å². The van der Waals surface area contributed by atoms with Crippen molar-refractivity contribution < 1.29 is 4.39 Å². The van der Waals surface area contributed by atoms with Gasteiger partial charge >= 0.3 is 0 Å². The molecule has 0 radical (unpaired) electrons. The molecule has 1 nitrogen and oxygen atoms in total. The van der Waals surface area contributed by atoms with Gasteiger partial charge < -0.3 is 5.32 Å². The maximum Gasteiger partial charge on any atom is 0.115 e. The van der Waals surface area contributed by atoms with Crippen molar-refractivity contribution in [1.82, 2.24) is 5.32 Å². The summed E-state index contributed by atoms with van der Waals surface area (Å²) in [6.07, 6.45) is 5.28. The third kappa shape index (κ3) is 4.82. The summed E-state index contributed by atoms with van der Waals surface area (Å²) in [7, 11) is 0. The minimum absolute atomic E-state index is 0.0309. The van der Waals surface area contributed by atoms with E-state index in [0.29, 0.717) is 12.5 Å². The first-order valence-corrected chi connectivity index (χ1v) is 6.81. The second kappa shape index (κ2) is 6.00. The third-order valence-corrected chi connectivity index (χ3v) is 3.74. The molecule has 1 aliphatic carbocycles. The van der Waals surface area contributed by atoms with Crippen molar-refractivity contribution in [2.75, 3.05) is 6.54 Å². The Labute approximate surface area is 100 Å². The van der Waals surface area contributed by atoms with Gasteiger partial charge in [-0.25, -0.2) is 4.39 Å². The van der Waals surface area contributed by atoms with E-state index < -0.39 is 6.17 Å². The topological polar surface area (TPSA) is 12.0 Å². The SMILES string of the molecule is CCC1CCCC(C(F)CNC(C)(C)C)C1. The zero-order chi connectivity index (χ0) is 12.2. The molecule has 0 aromatic rings. The van der Waals surface area contributed by atoms with Crippen LogP contribution < -0.4 is 5.32 Å². The van der Waals surface area contributed by atoms with Crippen LogP contribution in [0.2, 0.25) is 0 Å². The van der Waals surface area contributed by atoms with Gasteiger partial charge in [-0.1, -0.05) is 26.2 Å². The van der Waals surface area contributed by atoms with Crippen LogP contribution >= 0.6 is 0 Å². The number of halogens is 1. The van der Waals surface area contributed by atoms with E-state index in [1.807, 2.05) is 0 Å². The number of rotatable bonds is 4. The van der Waals surface area contributed by atoms with Crippen LogP contribution in [0.4, 0.5) is 4.39 Å². The molecular formula is C14H28FN. The second-order valence-corrected chi connectivity index (χ2v) is 6.35. The van der Waals surface area contributed by atoms with Gasteiger partial charge in [-0.15, -0.1) is 0 Å². The Kier molecular flexibility index (Phi) is 5.23. The maximum atomic E-state index is 14.1. The molecule has 1 rings (SSSR count). The molecule has 1 N–H and O–H groups in total. The summed E-state index contributed by atoms with van der Waals surface area (Å²) in [4.78, 5) is 0. The zero-order valence-corrected chi connectivity index (χ0v) is 11.4. The van der Waals surface area contributed by atoms with E-state index in [1.54, 1.807) is 0 Å². The molecule has 0 amide bonds. The van der Waals surface area contributed by atoms with E-state index in [2.05, 4.69) is 33.0 Å². The van der Waals surface area contributed by atoms with Gasteiger partial charge in [0.05, 0.1) is 0 Å². The maximum absolute atomic E-state index is 14.1. The van der Waals surface area contributed by atoms with Gasteiger partial charge in [0.15, 0.2) is 0 Å². The Bertz CT molecular complexity index is 197. The predicted octanol–water partition coefficient (Wildman–Crippen LogP) is 3.93. The van der Waals surface area contributed by atoms with Gasteiger partial charge in [-0.05, 0) is 45.4 Å². The highest BCUT2D eigenvalue weighted by molar-refractivity contribution is 4.81. The minimum Gasteiger partial charge on any atom is -0.309 e. The number of nitrogens with one attached hydrogen (secondary N) is 1.